The lowest BCUT2D eigenvalue weighted by Gasteiger charge is -2.12. The Morgan fingerprint density at radius 1 is 1.27 bits per heavy atom. The molecule has 1 heterocycles. The smallest absolute Gasteiger partial charge is 0.230 e. The van der Waals surface area contributed by atoms with Crippen molar-refractivity contribution in [1.82, 2.24) is 15.5 Å². The van der Waals surface area contributed by atoms with Gasteiger partial charge in [0.15, 0.2) is 4.34 Å². The second-order valence-corrected chi connectivity index (χ2v) is 8.51. The van der Waals surface area contributed by atoms with Gasteiger partial charge in [0, 0.05) is 12.2 Å². The standard InChI is InChI=1S/C19H24N4OS2/c1-14-7-5-6-10-16(14)21-18-22-23-19(26-18)25-13-17(24)20-12-11-15-8-3-2-4-9-15/h5-8,10H,2-4,9,11-13H2,1H3,(H,20,24)(H,21,22). The molecule has 0 saturated heterocycles. The summed E-state index contributed by atoms with van der Waals surface area (Å²) in [5, 5.41) is 15.3. The SMILES string of the molecule is Cc1ccccc1Nc1nnc(SCC(=O)NCCC2=CCCCC2)s1. The fraction of sp³-hybridized carbons (Fsp3) is 0.421. The monoisotopic (exact) mass is 388 g/mol. The van der Waals surface area contributed by atoms with Gasteiger partial charge in [0.25, 0.3) is 0 Å². The van der Waals surface area contributed by atoms with Crippen molar-refractivity contribution in [3.63, 3.8) is 0 Å². The van der Waals surface area contributed by atoms with Gasteiger partial charge in [0.1, 0.15) is 0 Å². The molecular weight excluding hydrogens is 364 g/mol. The van der Waals surface area contributed by atoms with Crippen molar-refractivity contribution >= 4 is 39.8 Å². The largest absolute Gasteiger partial charge is 0.355 e. The second-order valence-electron chi connectivity index (χ2n) is 6.31. The van der Waals surface area contributed by atoms with Crippen molar-refractivity contribution in [2.24, 2.45) is 0 Å². The zero-order valence-corrected chi connectivity index (χ0v) is 16.6. The highest BCUT2D eigenvalue weighted by Gasteiger charge is 2.09. The van der Waals surface area contributed by atoms with Crippen LogP contribution in [0.3, 0.4) is 0 Å². The van der Waals surface area contributed by atoms with E-state index in [2.05, 4.69) is 26.9 Å². The molecule has 0 atom stereocenters. The van der Waals surface area contributed by atoms with Gasteiger partial charge in [-0.15, -0.1) is 10.2 Å². The highest BCUT2D eigenvalue weighted by molar-refractivity contribution is 8.01. The first-order valence-electron chi connectivity index (χ1n) is 8.94. The van der Waals surface area contributed by atoms with Gasteiger partial charge in [-0.1, -0.05) is 52.9 Å². The quantitative estimate of drug-likeness (QED) is 0.507. The van der Waals surface area contributed by atoms with Crippen LogP contribution >= 0.6 is 23.1 Å². The minimum absolute atomic E-state index is 0.0509. The van der Waals surface area contributed by atoms with E-state index in [4.69, 9.17) is 0 Å². The maximum absolute atomic E-state index is 12.0. The molecule has 0 bridgehead atoms. The van der Waals surface area contributed by atoms with Crippen LogP contribution in [0.5, 0.6) is 0 Å². The number of nitrogens with zero attached hydrogens (tertiary/aromatic N) is 2. The molecule has 2 N–H and O–H groups in total. The van der Waals surface area contributed by atoms with Gasteiger partial charge in [-0.25, -0.2) is 0 Å². The molecule has 1 aliphatic rings. The van der Waals surface area contributed by atoms with Crippen molar-refractivity contribution in [3.05, 3.63) is 41.5 Å². The van der Waals surface area contributed by atoms with E-state index in [1.165, 1.54) is 54.4 Å². The molecule has 1 aromatic heterocycles. The van der Waals surface area contributed by atoms with E-state index in [1.54, 1.807) is 0 Å². The van der Waals surface area contributed by atoms with Crippen LogP contribution in [-0.4, -0.2) is 28.4 Å². The molecular formula is C19H24N4OS2. The number of aromatic nitrogens is 2. The lowest BCUT2D eigenvalue weighted by Crippen LogP contribution is -2.26. The molecule has 0 saturated carbocycles. The van der Waals surface area contributed by atoms with Gasteiger partial charge in [0.05, 0.1) is 5.75 Å². The summed E-state index contributed by atoms with van der Waals surface area (Å²) in [5.74, 6) is 0.424. The molecule has 26 heavy (non-hydrogen) atoms. The molecule has 1 aromatic carbocycles. The molecule has 3 rings (SSSR count). The van der Waals surface area contributed by atoms with Gasteiger partial charge >= 0.3 is 0 Å². The Hall–Kier alpha value is -1.86. The van der Waals surface area contributed by atoms with Crippen LogP contribution in [0, 0.1) is 6.92 Å². The number of carbonyl (C=O) groups excluding carboxylic acids is 1. The first-order valence-corrected chi connectivity index (χ1v) is 10.7. The number of hydrogen-bond donors (Lipinski definition) is 2. The topological polar surface area (TPSA) is 66.9 Å². The summed E-state index contributed by atoms with van der Waals surface area (Å²) < 4.78 is 0.797. The molecule has 1 amide bonds. The fourth-order valence-corrected chi connectivity index (χ4v) is 4.41. The minimum atomic E-state index is 0.0509. The van der Waals surface area contributed by atoms with E-state index in [-0.39, 0.29) is 5.91 Å². The van der Waals surface area contributed by atoms with Crippen LogP contribution in [0.2, 0.25) is 0 Å². The molecule has 5 nitrogen and oxygen atoms in total. The Kier molecular flexibility index (Phi) is 7.08. The summed E-state index contributed by atoms with van der Waals surface area (Å²) in [6, 6.07) is 8.05. The molecule has 1 aliphatic carbocycles. The third-order valence-electron chi connectivity index (χ3n) is 4.27. The number of carbonyl (C=O) groups is 1. The number of aryl methyl sites for hydroxylation is 1. The Labute approximate surface area is 162 Å². The number of anilines is 2. The van der Waals surface area contributed by atoms with Crippen molar-refractivity contribution in [2.75, 3.05) is 17.6 Å². The Bertz CT molecular complexity index is 772. The van der Waals surface area contributed by atoms with E-state index < -0.39 is 0 Å². The van der Waals surface area contributed by atoms with E-state index in [1.807, 2.05) is 31.2 Å². The average molecular weight is 389 g/mol. The first kappa shape index (κ1) is 18.9. The van der Waals surface area contributed by atoms with E-state index in [0.29, 0.717) is 5.75 Å². The van der Waals surface area contributed by atoms with Crippen molar-refractivity contribution in [3.8, 4) is 0 Å². The zero-order chi connectivity index (χ0) is 18.2. The normalized spacial score (nSPS) is 14.0. The van der Waals surface area contributed by atoms with Gasteiger partial charge in [-0.2, -0.15) is 0 Å². The number of hydrogen-bond acceptors (Lipinski definition) is 6. The van der Waals surface area contributed by atoms with E-state index in [9.17, 15) is 4.79 Å². The first-order chi connectivity index (χ1) is 12.7. The molecule has 0 unspecified atom stereocenters. The average Bonchev–Trinajstić information content (AvgIpc) is 3.10. The molecule has 0 fully saturated rings. The molecule has 2 aromatic rings. The Morgan fingerprint density at radius 3 is 2.96 bits per heavy atom. The van der Waals surface area contributed by atoms with E-state index in [0.717, 1.165) is 33.7 Å². The van der Waals surface area contributed by atoms with Crippen molar-refractivity contribution in [2.45, 2.75) is 43.4 Å². The lowest BCUT2D eigenvalue weighted by molar-refractivity contribution is -0.118. The summed E-state index contributed by atoms with van der Waals surface area (Å²) in [5.41, 5.74) is 3.67. The predicted octanol–water partition coefficient (Wildman–Crippen LogP) is 4.69. The molecule has 7 heteroatoms. The number of benzene rings is 1. The molecule has 0 aliphatic heterocycles. The lowest BCUT2D eigenvalue weighted by atomic mass is 9.97. The Morgan fingerprint density at radius 2 is 2.15 bits per heavy atom. The number of amides is 1. The van der Waals surface area contributed by atoms with Crippen LogP contribution < -0.4 is 10.6 Å². The highest BCUT2D eigenvalue weighted by atomic mass is 32.2. The summed E-state index contributed by atoms with van der Waals surface area (Å²) in [6.45, 7) is 2.77. The third-order valence-corrected chi connectivity index (χ3v) is 6.25. The number of rotatable bonds is 8. The van der Waals surface area contributed by atoms with Gasteiger partial charge in [0.2, 0.25) is 11.0 Å². The molecule has 0 spiro atoms. The van der Waals surface area contributed by atoms with Crippen molar-refractivity contribution < 1.29 is 4.79 Å². The third kappa shape index (κ3) is 5.85. The summed E-state index contributed by atoms with van der Waals surface area (Å²) >= 11 is 2.89. The number of nitrogens with one attached hydrogen (secondary N) is 2. The second kappa shape index (κ2) is 9.73. The van der Waals surface area contributed by atoms with E-state index >= 15 is 0 Å². The van der Waals surface area contributed by atoms with Gasteiger partial charge < -0.3 is 10.6 Å². The van der Waals surface area contributed by atoms with Crippen LogP contribution in [0.15, 0.2) is 40.3 Å². The predicted molar refractivity (Wildman–Crippen MR) is 109 cm³/mol. The zero-order valence-electron chi connectivity index (χ0n) is 15.0. The van der Waals surface area contributed by atoms with Crippen molar-refractivity contribution in [1.29, 1.82) is 0 Å². The summed E-state index contributed by atoms with van der Waals surface area (Å²) in [6.07, 6.45) is 8.26. The maximum atomic E-state index is 12.0. The van der Waals surface area contributed by atoms with Gasteiger partial charge in [-0.05, 0) is 50.7 Å². The van der Waals surface area contributed by atoms with Crippen LogP contribution in [0.1, 0.15) is 37.7 Å². The highest BCUT2D eigenvalue weighted by Crippen LogP contribution is 2.28. The Balaban J connectivity index is 1.39. The number of allylic oxidation sites excluding steroid dienone is 1. The number of thioether (sulfide) groups is 1. The fourth-order valence-electron chi connectivity index (χ4n) is 2.82. The summed E-state index contributed by atoms with van der Waals surface area (Å²) in [7, 11) is 0. The minimum Gasteiger partial charge on any atom is -0.355 e. The van der Waals surface area contributed by atoms with Crippen LogP contribution in [0.25, 0.3) is 0 Å². The summed E-state index contributed by atoms with van der Waals surface area (Å²) in [4.78, 5) is 12.0. The van der Waals surface area contributed by atoms with Crippen LogP contribution in [-0.2, 0) is 4.79 Å². The molecule has 138 valence electrons. The maximum Gasteiger partial charge on any atom is 0.230 e. The van der Waals surface area contributed by atoms with Gasteiger partial charge in [-0.3, -0.25) is 4.79 Å². The molecule has 0 radical (unpaired) electrons. The number of para-hydroxylation sites is 1. The van der Waals surface area contributed by atoms with Crippen LogP contribution in [0.4, 0.5) is 10.8 Å².